The SMILES string of the molecule is C1=CC=C(c2ccc3cccc4c3c2-c2ccccc2-4)OC=C1. The topological polar surface area (TPSA) is 9.23 Å². The fourth-order valence-electron chi connectivity index (χ4n) is 3.58. The molecular weight excluding hydrogens is 280 g/mol. The normalized spacial score (nSPS) is 14.3. The number of fused-ring (bicyclic) bond motifs is 3. The van der Waals surface area contributed by atoms with Gasteiger partial charge < -0.3 is 4.74 Å². The van der Waals surface area contributed by atoms with Gasteiger partial charge in [0.2, 0.25) is 0 Å². The summed E-state index contributed by atoms with van der Waals surface area (Å²) >= 11 is 0. The van der Waals surface area contributed by atoms with E-state index in [1.807, 2.05) is 24.3 Å². The lowest BCUT2D eigenvalue weighted by Crippen LogP contribution is -1.90. The minimum Gasteiger partial charge on any atom is -0.464 e. The smallest absolute Gasteiger partial charge is 0.134 e. The molecule has 1 aliphatic heterocycles. The predicted octanol–water partition coefficient (Wildman–Crippen LogP) is 5.93. The Kier molecular flexibility index (Phi) is 2.56. The summed E-state index contributed by atoms with van der Waals surface area (Å²) in [5.41, 5.74) is 6.34. The molecule has 1 heterocycles. The van der Waals surface area contributed by atoms with Crippen molar-refractivity contribution < 1.29 is 4.74 Å². The van der Waals surface area contributed by atoms with Crippen LogP contribution in [-0.2, 0) is 4.74 Å². The van der Waals surface area contributed by atoms with Crippen molar-refractivity contribution in [3.8, 4) is 22.3 Å². The van der Waals surface area contributed by atoms with Crippen molar-refractivity contribution in [2.45, 2.75) is 0 Å². The standard InChI is InChI=1S/C22H14O/c1-2-11-20(23-14-5-1)19-13-12-15-7-6-10-17-16-8-3-4-9-18(16)22(19)21(15)17/h1-14H. The zero-order chi connectivity index (χ0) is 15.2. The van der Waals surface area contributed by atoms with Gasteiger partial charge in [0.05, 0.1) is 6.26 Å². The van der Waals surface area contributed by atoms with E-state index < -0.39 is 0 Å². The Morgan fingerprint density at radius 3 is 2.43 bits per heavy atom. The molecule has 5 rings (SSSR count). The molecule has 0 fully saturated rings. The molecule has 0 bridgehead atoms. The van der Waals surface area contributed by atoms with Crippen molar-refractivity contribution >= 4 is 16.5 Å². The lowest BCUT2D eigenvalue weighted by Gasteiger charge is -2.12. The fourth-order valence-corrected chi connectivity index (χ4v) is 3.58. The van der Waals surface area contributed by atoms with E-state index in [0.29, 0.717) is 0 Å². The molecule has 2 aliphatic rings. The largest absolute Gasteiger partial charge is 0.464 e. The second-order valence-corrected chi connectivity index (χ2v) is 5.80. The van der Waals surface area contributed by atoms with Gasteiger partial charge in [-0.15, -0.1) is 0 Å². The molecule has 0 atom stereocenters. The quantitative estimate of drug-likeness (QED) is 0.423. The van der Waals surface area contributed by atoms with Crippen molar-refractivity contribution in [3.05, 3.63) is 90.7 Å². The number of ether oxygens (including phenoxy) is 1. The van der Waals surface area contributed by atoms with E-state index in [2.05, 4.69) is 54.6 Å². The van der Waals surface area contributed by atoms with Crippen LogP contribution in [0.3, 0.4) is 0 Å². The van der Waals surface area contributed by atoms with Crippen molar-refractivity contribution in [2.24, 2.45) is 0 Å². The molecule has 0 aromatic heterocycles. The number of hydrogen-bond acceptors (Lipinski definition) is 1. The molecule has 0 saturated carbocycles. The van der Waals surface area contributed by atoms with Gasteiger partial charge in [0.25, 0.3) is 0 Å². The van der Waals surface area contributed by atoms with Crippen LogP contribution in [0.25, 0.3) is 38.8 Å². The highest BCUT2D eigenvalue weighted by Crippen LogP contribution is 2.49. The third-order valence-electron chi connectivity index (χ3n) is 4.54. The Morgan fingerprint density at radius 1 is 0.609 bits per heavy atom. The molecule has 1 heteroatoms. The molecule has 23 heavy (non-hydrogen) atoms. The van der Waals surface area contributed by atoms with Crippen LogP contribution < -0.4 is 0 Å². The van der Waals surface area contributed by atoms with Crippen LogP contribution in [0.4, 0.5) is 0 Å². The van der Waals surface area contributed by atoms with Crippen LogP contribution in [0.2, 0.25) is 0 Å². The highest BCUT2D eigenvalue weighted by molar-refractivity contribution is 6.17. The molecule has 0 amide bonds. The summed E-state index contributed by atoms with van der Waals surface area (Å²) in [7, 11) is 0. The highest BCUT2D eigenvalue weighted by Gasteiger charge is 2.24. The minimum absolute atomic E-state index is 0.887. The maximum absolute atomic E-state index is 5.84. The summed E-state index contributed by atoms with van der Waals surface area (Å²) in [5.74, 6) is 0.887. The first-order chi connectivity index (χ1) is 11.4. The third kappa shape index (κ3) is 1.74. The first-order valence-corrected chi connectivity index (χ1v) is 7.79. The molecule has 1 nitrogen and oxygen atoms in total. The van der Waals surface area contributed by atoms with Crippen molar-refractivity contribution in [3.63, 3.8) is 0 Å². The van der Waals surface area contributed by atoms with E-state index >= 15 is 0 Å². The summed E-state index contributed by atoms with van der Waals surface area (Å²) in [6.45, 7) is 0. The Bertz CT molecular complexity index is 1040. The molecule has 0 radical (unpaired) electrons. The van der Waals surface area contributed by atoms with Crippen LogP contribution in [0.1, 0.15) is 5.56 Å². The first-order valence-electron chi connectivity index (χ1n) is 7.79. The van der Waals surface area contributed by atoms with Gasteiger partial charge in [-0.25, -0.2) is 0 Å². The molecule has 3 aromatic carbocycles. The monoisotopic (exact) mass is 294 g/mol. The van der Waals surface area contributed by atoms with Crippen LogP contribution in [-0.4, -0.2) is 0 Å². The number of rotatable bonds is 1. The Labute approximate surface area is 134 Å². The van der Waals surface area contributed by atoms with Gasteiger partial charge in [0.15, 0.2) is 0 Å². The third-order valence-corrected chi connectivity index (χ3v) is 4.54. The fraction of sp³-hybridized carbons (Fsp3) is 0. The number of allylic oxidation sites excluding steroid dienone is 4. The Balaban J connectivity index is 1.90. The van der Waals surface area contributed by atoms with E-state index in [1.165, 1.54) is 33.0 Å². The Morgan fingerprint density at radius 2 is 1.48 bits per heavy atom. The van der Waals surface area contributed by atoms with E-state index in [-0.39, 0.29) is 0 Å². The van der Waals surface area contributed by atoms with Gasteiger partial charge in [0.1, 0.15) is 5.76 Å². The predicted molar refractivity (Wildman–Crippen MR) is 95.7 cm³/mol. The van der Waals surface area contributed by atoms with Crippen LogP contribution in [0, 0.1) is 0 Å². The minimum atomic E-state index is 0.887. The van der Waals surface area contributed by atoms with E-state index in [9.17, 15) is 0 Å². The summed E-state index contributed by atoms with van der Waals surface area (Å²) in [5, 5.41) is 2.60. The summed E-state index contributed by atoms with van der Waals surface area (Å²) in [6.07, 6.45) is 9.67. The maximum atomic E-state index is 5.84. The molecule has 3 aromatic rings. The molecular formula is C22H14O. The molecule has 0 saturated heterocycles. The molecule has 108 valence electrons. The first kappa shape index (κ1) is 12.5. The van der Waals surface area contributed by atoms with Crippen molar-refractivity contribution in [1.82, 2.24) is 0 Å². The zero-order valence-corrected chi connectivity index (χ0v) is 12.5. The molecule has 0 spiro atoms. The van der Waals surface area contributed by atoms with Crippen LogP contribution in [0.15, 0.2) is 85.2 Å². The van der Waals surface area contributed by atoms with Crippen LogP contribution in [0.5, 0.6) is 0 Å². The number of benzene rings is 3. The molecule has 0 unspecified atom stereocenters. The van der Waals surface area contributed by atoms with Crippen molar-refractivity contribution in [1.29, 1.82) is 0 Å². The zero-order valence-electron chi connectivity index (χ0n) is 12.5. The maximum Gasteiger partial charge on any atom is 0.134 e. The van der Waals surface area contributed by atoms with Gasteiger partial charge >= 0.3 is 0 Å². The Hall–Kier alpha value is -3.06. The van der Waals surface area contributed by atoms with E-state index in [4.69, 9.17) is 4.74 Å². The van der Waals surface area contributed by atoms with E-state index in [0.717, 1.165) is 11.3 Å². The van der Waals surface area contributed by atoms with Gasteiger partial charge in [-0.3, -0.25) is 0 Å². The second kappa shape index (κ2) is 4.72. The summed E-state index contributed by atoms with van der Waals surface area (Å²) in [6, 6.07) is 19.5. The molecule has 1 aliphatic carbocycles. The van der Waals surface area contributed by atoms with Gasteiger partial charge in [0, 0.05) is 11.1 Å². The van der Waals surface area contributed by atoms with Gasteiger partial charge in [-0.05, 0) is 45.7 Å². The van der Waals surface area contributed by atoms with E-state index in [1.54, 1.807) is 6.26 Å². The highest BCUT2D eigenvalue weighted by atomic mass is 16.5. The lowest BCUT2D eigenvalue weighted by atomic mass is 9.96. The summed E-state index contributed by atoms with van der Waals surface area (Å²) < 4.78 is 5.84. The average molecular weight is 294 g/mol. The van der Waals surface area contributed by atoms with Gasteiger partial charge in [-0.2, -0.15) is 0 Å². The average Bonchev–Trinajstić information content (AvgIpc) is 2.77. The van der Waals surface area contributed by atoms with Crippen molar-refractivity contribution in [2.75, 3.05) is 0 Å². The van der Waals surface area contributed by atoms with Crippen LogP contribution >= 0.6 is 0 Å². The number of hydrogen-bond donors (Lipinski definition) is 0. The summed E-state index contributed by atoms with van der Waals surface area (Å²) in [4.78, 5) is 0. The molecule has 0 N–H and O–H groups in total. The van der Waals surface area contributed by atoms with Gasteiger partial charge in [-0.1, -0.05) is 60.7 Å². The lowest BCUT2D eigenvalue weighted by molar-refractivity contribution is 0.438. The second-order valence-electron chi connectivity index (χ2n) is 5.80.